The average Bonchev–Trinajstić information content (AvgIpc) is 2.30. The lowest BCUT2D eigenvalue weighted by atomic mass is 10.1. The van der Waals surface area contributed by atoms with Crippen LogP contribution in [0, 0.1) is 13.8 Å². The van der Waals surface area contributed by atoms with Crippen LogP contribution in [0.2, 0.25) is 0 Å². The van der Waals surface area contributed by atoms with E-state index < -0.39 is 20.8 Å². The minimum atomic E-state index is -3.61. The van der Waals surface area contributed by atoms with Crippen LogP contribution in [-0.4, -0.2) is 30.7 Å². The van der Waals surface area contributed by atoms with E-state index in [4.69, 9.17) is 5.73 Å². The van der Waals surface area contributed by atoms with Crippen molar-refractivity contribution in [1.82, 2.24) is 4.72 Å². The molecule has 1 aromatic carbocycles. The average molecular weight is 318 g/mol. The van der Waals surface area contributed by atoms with Gasteiger partial charge in [0.05, 0.1) is 4.90 Å². The Bertz CT molecular complexity index is 612. The van der Waals surface area contributed by atoms with Crippen LogP contribution in [-0.2, 0) is 20.8 Å². The van der Waals surface area contributed by atoms with Crippen molar-refractivity contribution >= 4 is 26.5 Å². The van der Waals surface area contributed by atoms with Crippen LogP contribution in [0.5, 0.6) is 0 Å². The molecule has 20 heavy (non-hydrogen) atoms. The van der Waals surface area contributed by atoms with Gasteiger partial charge >= 0.3 is 0 Å². The van der Waals surface area contributed by atoms with Gasteiger partial charge in [-0.05, 0) is 50.5 Å². The fraction of sp³-hybridized carbons (Fsp3) is 0.538. The van der Waals surface area contributed by atoms with Gasteiger partial charge in [0.15, 0.2) is 0 Å². The maximum Gasteiger partial charge on any atom is 0.241 e. The summed E-state index contributed by atoms with van der Waals surface area (Å²) in [5.74, 6) is 0.471. The summed E-state index contributed by atoms with van der Waals surface area (Å²) in [6.45, 7) is 5.35. The van der Waals surface area contributed by atoms with Crippen molar-refractivity contribution < 1.29 is 12.6 Å². The molecule has 114 valence electrons. The van der Waals surface area contributed by atoms with Gasteiger partial charge in [0, 0.05) is 34.5 Å². The van der Waals surface area contributed by atoms with Crippen molar-refractivity contribution in [1.29, 1.82) is 0 Å². The molecule has 7 heteroatoms. The molecule has 2 atom stereocenters. The van der Waals surface area contributed by atoms with E-state index in [9.17, 15) is 12.6 Å². The lowest BCUT2D eigenvalue weighted by Crippen LogP contribution is -2.34. The molecule has 1 rings (SSSR count). The van der Waals surface area contributed by atoms with Gasteiger partial charge in [0.2, 0.25) is 10.0 Å². The molecule has 0 fully saturated rings. The number of aryl methyl sites for hydroxylation is 1. The number of benzene rings is 1. The largest absolute Gasteiger partial charge is 0.399 e. The second kappa shape index (κ2) is 6.69. The maximum atomic E-state index is 12.4. The Morgan fingerprint density at radius 1 is 1.35 bits per heavy atom. The van der Waals surface area contributed by atoms with Crippen molar-refractivity contribution in [3.63, 3.8) is 0 Å². The first-order valence-electron chi connectivity index (χ1n) is 6.32. The van der Waals surface area contributed by atoms with Crippen LogP contribution in [0.3, 0.4) is 0 Å². The van der Waals surface area contributed by atoms with Crippen molar-refractivity contribution in [2.45, 2.75) is 38.1 Å². The zero-order chi connectivity index (χ0) is 15.5. The summed E-state index contributed by atoms with van der Waals surface area (Å²) >= 11 is 0. The zero-order valence-corrected chi connectivity index (χ0v) is 13.9. The number of rotatable bonds is 6. The molecule has 0 spiro atoms. The summed E-state index contributed by atoms with van der Waals surface area (Å²) in [6.07, 6.45) is 2.13. The molecule has 0 amide bonds. The lowest BCUT2D eigenvalue weighted by molar-refractivity contribution is 0.555. The number of nitrogens with one attached hydrogen (secondary N) is 1. The molecular formula is C13H22N2O3S2. The highest BCUT2D eigenvalue weighted by atomic mass is 32.2. The first-order chi connectivity index (χ1) is 9.13. The highest BCUT2D eigenvalue weighted by molar-refractivity contribution is 7.89. The Hall–Kier alpha value is -0.920. The molecule has 0 bridgehead atoms. The highest BCUT2D eigenvalue weighted by Gasteiger charge is 2.21. The molecule has 0 heterocycles. The third-order valence-corrected chi connectivity index (χ3v) is 5.65. The van der Waals surface area contributed by atoms with Crippen LogP contribution in [0.25, 0.3) is 0 Å². The number of nitrogen functional groups attached to an aromatic ring is 1. The Morgan fingerprint density at radius 2 is 1.95 bits per heavy atom. The number of sulfonamides is 1. The smallest absolute Gasteiger partial charge is 0.241 e. The maximum absolute atomic E-state index is 12.4. The fourth-order valence-electron chi connectivity index (χ4n) is 1.86. The van der Waals surface area contributed by atoms with Crippen molar-refractivity contribution in [2.75, 3.05) is 17.7 Å². The molecular weight excluding hydrogens is 296 g/mol. The van der Waals surface area contributed by atoms with Crippen LogP contribution in [0.4, 0.5) is 5.69 Å². The summed E-state index contributed by atoms with van der Waals surface area (Å²) in [6, 6.07) is 2.94. The number of nitrogens with two attached hydrogens (primary N) is 1. The Labute approximate surface area is 123 Å². The van der Waals surface area contributed by atoms with E-state index in [1.54, 1.807) is 26.2 Å². The number of hydrogen-bond acceptors (Lipinski definition) is 4. The van der Waals surface area contributed by atoms with Crippen molar-refractivity contribution in [2.24, 2.45) is 0 Å². The van der Waals surface area contributed by atoms with E-state index in [0.717, 1.165) is 5.56 Å². The van der Waals surface area contributed by atoms with Gasteiger partial charge in [-0.25, -0.2) is 13.1 Å². The predicted octanol–water partition coefficient (Wildman–Crippen LogP) is 1.32. The first-order valence-corrected chi connectivity index (χ1v) is 9.53. The first kappa shape index (κ1) is 17.1. The van der Waals surface area contributed by atoms with Gasteiger partial charge in [-0.15, -0.1) is 0 Å². The van der Waals surface area contributed by atoms with E-state index in [2.05, 4.69) is 4.72 Å². The summed E-state index contributed by atoms with van der Waals surface area (Å²) in [5.41, 5.74) is 7.68. The molecule has 0 radical (unpaired) electrons. The third-order valence-electron chi connectivity index (χ3n) is 3.13. The third kappa shape index (κ3) is 4.57. The number of hydrogen-bond donors (Lipinski definition) is 2. The van der Waals surface area contributed by atoms with E-state index in [-0.39, 0.29) is 10.9 Å². The molecule has 0 aromatic heterocycles. The molecule has 0 aliphatic rings. The topological polar surface area (TPSA) is 89.3 Å². The molecule has 0 aliphatic heterocycles. The highest BCUT2D eigenvalue weighted by Crippen LogP contribution is 2.22. The Balaban J connectivity index is 2.97. The van der Waals surface area contributed by atoms with Crippen molar-refractivity contribution in [3.05, 3.63) is 23.3 Å². The van der Waals surface area contributed by atoms with Crippen molar-refractivity contribution in [3.8, 4) is 0 Å². The summed E-state index contributed by atoms with van der Waals surface area (Å²) in [4.78, 5) is 0.208. The lowest BCUT2D eigenvalue weighted by Gasteiger charge is -2.16. The molecule has 0 aliphatic carbocycles. The number of anilines is 1. The molecule has 1 aromatic rings. The Morgan fingerprint density at radius 3 is 2.50 bits per heavy atom. The van der Waals surface area contributed by atoms with Crippen LogP contribution < -0.4 is 10.5 Å². The molecule has 0 saturated heterocycles. The quantitative estimate of drug-likeness (QED) is 0.774. The summed E-state index contributed by atoms with van der Waals surface area (Å²) in [7, 11) is -4.54. The standard InChI is InChI=1S/C13H22N2O3S2/c1-9-7-12(14)8-13(11(9)3)20(17,18)15-10(2)5-6-19(4)16/h7-8,10,15H,5-6,14H2,1-4H3. The zero-order valence-electron chi connectivity index (χ0n) is 12.3. The fourth-order valence-corrected chi connectivity index (χ4v) is 4.18. The molecule has 2 unspecified atom stereocenters. The predicted molar refractivity (Wildman–Crippen MR) is 83.7 cm³/mol. The van der Waals surface area contributed by atoms with Gasteiger partial charge in [-0.2, -0.15) is 0 Å². The SMILES string of the molecule is Cc1cc(N)cc(S(=O)(=O)NC(C)CCS(C)=O)c1C. The van der Waals surface area contributed by atoms with Gasteiger partial charge in [-0.3, -0.25) is 4.21 Å². The second-order valence-electron chi connectivity index (χ2n) is 5.05. The van der Waals surface area contributed by atoms with Gasteiger partial charge in [-0.1, -0.05) is 0 Å². The van der Waals surface area contributed by atoms with Gasteiger partial charge < -0.3 is 5.73 Å². The normalized spacial score (nSPS) is 15.0. The second-order valence-corrected chi connectivity index (χ2v) is 8.29. The minimum absolute atomic E-state index is 0.208. The molecule has 3 N–H and O–H groups in total. The molecule has 5 nitrogen and oxygen atoms in total. The van der Waals surface area contributed by atoms with Crippen LogP contribution >= 0.6 is 0 Å². The van der Waals surface area contributed by atoms with E-state index in [1.165, 1.54) is 6.07 Å². The summed E-state index contributed by atoms with van der Waals surface area (Å²) in [5, 5.41) is 0. The molecule has 0 saturated carbocycles. The Kier molecular flexibility index (Phi) is 5.73. The monoisotopic (exact) mass is 318 g/mol. The van der Waals surface area contributed by atoms with E-state index in [0.29, 0.717) is 23.4 Å². The minimum Gasteiger partial charge on any atom is -0.399 e. The van der Waals surface area contributed by atoms with Crippen LogP contribution in [0.1, 0.15) is 24.5 Å². The van der Waals surface area contributed by atoms with Crippen LogP contribution in [0.15, 0.2) is 17.0 Å². The van der Waals surface area contributed by atoms with Gasteiger partial charge in [0.1, 0.15) is 0 Å². The summed E-state index contributed by atoms with van der Waals surface area (Å²) < 4.78 is 38.4. The van der Waals surface area contributed by atoms with E-state index >= 15 is 0 Å². The van der Waals surface area contributed by atoms with Gasteiger partial charge in [0.25, 0.3) is 0 Å². The van der Waals surface area contributed by atoms with E-state index in [1.807, 2.05) is 6.92 Å².